The van der Waals surface area contributed by atoms with Crippen LogP contribution in [0, 0.1) is 0 Å². The monoisotopic (exact) mass is 280 g/mol. The third kappa shape index (κ3) is 3.23. The molecule has 0 aromatic heterocycles. The number of hydrogen-bond donors (Lipinski definition) is 1. The highest BCUT2D eigenvalue weighted by Crippen LogP contribution is 2.31. The van der Waals surface area contributed by atoms with E-state index in [4.69, 9.17) is 9.47 Å². The Kier molecular flexibility index (Phi) is 5.17. The zero-order valence-electron chi connectivity index (χ0n) is 11.7. The van der Waals surface area contributed by atoms with Gasteiger partial charge in [-0.25, -0.2) is 8.42 Å². The second-order valence-electron chi connectivity index (χ2n) is 5.35. The van der Waals surface area contributed by atoms with E-state index in [0.717, 1.165) is 0 Å². The highest BCUT2D eigenvalue weighted by atomic mass is 32.2. The van der Waals surface area contributed by atoms with Crippen molar-refractivity contribution >= 4 is 9.84 Å². The summed E-state index contributed by atoms with van der Waals surface area (Å²) in [6.07, 6.45) is -1.87. The maximum absolute atomic E-state index is 12.2. The summed E-state index contributed by atoms with van der Waals surface area (Å²) in [7, 11) is -3.41. The van der Waals surface area contributed by atoms with Crippen molar-refractivity contribution in [2.45, 2.75) is 69.5 Å². The summed E-state index contributed by atoms with van der Waals surface area (Å²) in [5, 5.41) is 8.43. The highest BCUT2D eigenvalue weighted by molar-refractivity contribution is 7.93. The molecule has 0 aliphatic carbocycles. The molecule has 1 saturated heterocycles. The molecule has 1 fully saturated rings. The zero-order chi connectivity index (χ0) is 14.1. The Morgan fingerprint density at radius 2 is 1.72 bits per heavy atom. The molecule has 1 aliphatic heterocycles. The van der Waals surface area contributed by atoms with Crippen LogP contribution in [-0.4, -0.2) is 55.0 Å². The van der Waals surface area contributed by atoms with E-state index in [1.165, 1.54) is 6.92 Å². The summed E-state index contributed by atoms with van der Waals surface area (Å²) in [5.41, 5.74) is 0. The van der Waals surface area contributed by atoms with Gasteiger partial charge in [0.1, 0.15) is 11.4 Å². The zero-order valence-corrected chi connectivity index (χ0v) is 12.5. The Balaban J connectivity index is 2.91. The molecule has 0 aromatic carbocycles. The molecule has 0 bridgehead atoms. The van der Waals surface area contributed by atoms with E-state index >= 15 is 0 Å². The average molecular weight is 280 g/mol. The minimum absolute atomic E-state index is 0.0482. The fourth-order valence-electron chi connectivity index (χ4n) is 2.10. The normalized spacial score (nSPS) is 35.6. The molecule has 1 N–H and O–H groups in total. The van der Waals surface area contributed by atoms with E-state index in [-0.39, 0.29) is 18.8 Å². The van der Waals surface area contributed by atoms with Crippen molar-refractivity contribution in [2.75, 3.05) is 6.61 Å². The lowest BCUT2D eigenvalue weighted by atomic mass is 10.1. The molecule has 6 heteroatoms. The van der Waals surface area contributed by atoms with Crippen LogP contribution in [-0.2, 0) is 19.3 Å². The van der Waals surface area contributed by atoms with Crippen LogP contribution in [0.2, 0.25) is 0 Å². The minimum atomic E-state index is -3.41. The van der Waals surface area contributed by atoms with Gasteiger partial charge in [-0.3, -0.25) is 0 Å². The standard InChI is InChI=1S/C12H24O5S/c1-7(2)16-6-10-12(17-8(3)4)11(13)9(5)18(10,14)15/h7-13H,6H2,1-5H3/t9-,10+,11+,12?/m0/s1. The summed E-state index contributed by atoms with van der Waals surface area (Å²) in [4.78, 5) is 0. The first kappa shape index (κ1) is 15.9. The molecule has 0 radical (unpaired) electrons. The van der Waals surface area contributed by atoms with Gasteiger partial charge in [0.2, 0.25) is 0 Å². The summed E-state index contributed by atoms with van der Waals surface area (Å²) >= 11 is 0. The van der Waals surface area contributed by atoms with Gasteiger partial charge in [-0.05, 0) is 34.6 Å². The molecule has 1 heterocycles. The fraction of sp³-hybridized carbons (Fsp3) is 1.00. The van der Waals surface area contributed by atoms with Gasteiger partial charge in [-0.1, -0.05) is 0 Å². The Morgan fingerprint density at radius 3 is 2.17 bits per heavy atom. The van der Waals surface area contributed by atoms with E-state index in [1.807, 2.05) is 27.7 Å². The Morgan fingerprint density at radius 1 is 1.17 bits per heavy atom. The Bertz CT molecular complexity index is 363. The Labute approximate surface area is 109 Å². The quantitative estimate of drug-likeness (QED) is 0.804. The van der Waals surface area contributed by atoms with Crippen LogP contribution in [0.5, 0.6) is 0 Å². The van der Waals surface area contributed by atoms with Crippen molar-refractivity contribution in [2.24, 2.45) is 0 Å². The number of hydrogen-bond acceptors (Lipinski definition) is 5. The van der Waals surface area contributed by atoms with Crippen LogP contribution >= 0.6 is 0 Å². The van der Waals surface area contributed by atoms with Crippen LogP contribution in [0.3, 0.4) is 0 Å². The van der Waals surface area contributed by atoms with Gasteiger partial charge in [-0.15, -0.1) is 0 Å². The SMILES string of the molecule is CC(C)OC[C@@H]1C(OC(C)C)[C@H](O)[C@H](C)S1(=O)=O. The maximum Gasteiger partial charge on any atom is 0.163 e. The molecule has 5 nitrogen and oxygen atoms in total. The molecule has 0 saturated carbocycles. The number of rotatable bonds is 5. The van der Waals surface area contributed by atoms with Gasteiger partial charge >= 0.3 is 0 Å². The van der Waals surface area contributed by atoms with Crippen LogP contribution < -0.4 is 0 Å². The van der Waals surface area contributed by atoms with Gasteiger partial charge in [0.25, 0.3) is 0 Å². The fourth-order valence-corrected chi connectivity index (χ4v) is 4.07. The summed E-state index contributed by atoms with van der Waals surface area (Å²) in [6.45, 7) is 8.93. The number of ether oxygens (including phenoxy) is 2. The van der Waals surface area contributed by atoms with Crippen molar-refractivity contribution in [1.82, 2.24) is 0 Å². The third-order valence-electron chi connectivity index (χ3n) is 3.15. The molecular weight excluding hydrogens is 256 g/mol. The van der Waals surface area contributed by atoms with Gasteiger partial charge in [0.15, 0.2) is 9.84 Å². The van der Waals surface area contributed by atoms with E-state index < -0.39 is 32.5 Å². The second-order valence-corrected chi connectivity index (χ2v) is 7.88. The van der Waals surface area contributed by atoms with E-state index in [0.29, 0.717) is 0 Å². The average Bonchev–Trinajstić information content (AvgIpc) is 2.37. The second kappa shape index (κ2) is 5.86. The maximum atomic E-state index is 12.2. The number of aliphatic hydroxyl groups excluding tert-OH is 1. The molecule has 0 amide bonds. The summed E-state index contributed by atoms with van der Waals surface area (Å²) in [5.74, 6) is 0. The van der Waals surface area contributed by atoms with Crippen molar-refractivity contribution in [3.63, 3.8) is 0 Å². The lowest BCUT2D eigenvalue weighted by Gasteiger charge is -2.24. The predicted molar refractivity (Wildman–Crippen MR) is 69.3 cm³/mol. The molecule has 0 spiro atoms. The minimum Gasteiger partial charge on any atom is -0.389 e. The molecule has 1 rings (SSSR count). The van der Waals surface area contributed by atoms with Crippen LogP contribution in [0.1, 0.15) is 34.6 Å². The summed E-state index contributed by atoms with van der Waals surface area (Å²) in [6, 6.07) is 0. The van der Waals surface area contributed by atoms with Crippen molar-refractivity contribution in [1.29, 1.82) is 0 Å². The van der Waals surface area contributed by atoms with Crippen LogP contribution in [0.25, 0.3) is 0 Å². The molecule has 0 aromatic rings. The van der Waals surface area contributed by atoms with Gasteiger partial charge in [0, 0.05) is 0 Å². The van der Waals surface area contributed by atoms with Gasteiger partial charge < -0.3 is 14.6 Å². The van der Waals surface area contributed by atoms with E-state index in [9.17, 15) is 13.5 Å². The summed E-state index contributed by atoms with van der Waals surface area (Å²) < 4.78 is 35.3. The largest absolute Gasteiger partial charge is 0.389 e. The van der Waals surface area contributed by atoms with Crippen LogP contribution in [0.4, 0.5) is 0 Å². The molecule has 18 heavy (non-hydrogen) atoms. The highest BCUT2D eigenvalue weighted by Gasteiger charge is 2.53. The lowest BCUT2D eigenvalue weighted by molar-refractivity contribution is -0.0686. The van der Waals surface area contributed by atoms with Crippen molar-refractivity contribution in [3.8, 4) is 0 Å². The van der Waals surface area contributed by atoms with Crippen LogP contribution in [0.15, 0.2) is 0 Å². The third-order valence-corrected chi connectivity index (χ3v) is 5.71. The molecular formula is C12H24O5S. The van der Waals surface area contributed by atoms with Gasteiger partial charge in [-0.2, -0.15) is 0 Å². The first-order valence-electron chi connectivity index (χ1n) is 6.35. The van der Waals surface area contributed by atoms with E-state index in [1.54, 1.807) is 0 Å². The van der Waals surface area contributed by atoms with Crippen molar-refractivity contribution < 1.29 is 23.0 Å². The molecule has 1 aliphatic rings. The van der Waals surface area contributed by atoms with Gasteiger partial charge in [0.05, 0.1) is 30.2 Å². The predicted octanol–water partition coefficient (Wildman–Crippen LogP) is 0.751. The smallest absolute Gasteiger partial charge is 0.163 e. The first-order chi connectivity index (χ1) is 8.17. The first-order valence-corrected chi connectivity index (χ1v) is 7.96. The van der Waals surface area contributed by atoms with E-state index in [2.05, 4.69) is 0 Å². The van der Waals surface area contributed by atoms with Crippen molar-refractivity contribution in [3.05, 3.63) is 0 Å². The Hall–Kier alpha value is -0.170. The molecule has 1 unspecified atom stereocenters. The topological polar surface area (TPSA) is 72.8 Å². The molecule has 108 valence electrons. The lowest BCUT2D eigenvalue weighted by Crippen LogP contribution is -2.39. The molecule has 4 atom stereocenters. The number of aliphatic hydroxyl groups is 1. The number of sulfone groups is 1.